The average Bonchev–Trinajstić information content (AvgIpc) is 2.21. The second kappa shape index (κ2) is 7.58. The van der Waals surface area contributed by atoms with Gasteiger partial charge in [0.2, 0.25) is 0 Å². The lowest BCUT2D eigenvalue weighted by Crippen LogP contribution is -2.17. The van der Waals surface area contributed by atoms with Crippen molar-refractivity contribution in [2.24, 2.45) is 11.1 Å². The number of nitrogens with zero attached hydrogens (tertiary/aromatic N) is 1. The maximum absolute atomic E-state index is 8.59. The van der Waals surface area contributed by atoms with E-state index >= 15 is 0 Å². The van der Waals surface area contributed by atoms with Crippen molar-refractivity contribution in [3.8, 4) is 6.07 Å². The molecule has 2 nitrogen and oxygen atoms in total. The molecule has 0 aromatic heterocycles. The minimum atomic E-state index is 0.281. The Balaban J connectivity index is 4.03. The summed E-state index contributed by atoms with van der Waals surface area (Å²) in [6, 6.07) is 2.22. The Kier molecular flexibility index (Phi) is 7.14. The van der Waals surface area contributed by atoms with E-state index in [9.17, 15) is 0 Å². The van der Waals surface area contributed by atoms with Gasteiger partial charge in [-0.25, -0.2) is 0 Å². The molecule has 0 aromatic rings. The molecule has 0 aromatic carbocycles. The average molecular weight is 194 g/mol. The Labute approximate surface area is 87.8 Å². The van der Waals surface area contributed by atoms with Gasteiger partial charge < -0.3 is 5.73 Å². The quantitative estimate of drug-likeness (QED) is 0.604. The van der Waals surface area contributed by atoms with Crippen LogP contribution in [0, 0.1) is 16.7 Å². The second-order valence-corrected chi connectivity index (χ2v) is 4.19. The first kappa shape index (κ1) is 13.2. The summed E-state index contributed by atoms with van der Waals surface area (Å²) in [5.41, 5.74) is 5.79. The number of hydrogen-bond donors (Lipinski definition) is 1. The van der Waals surface area contributed by atoms with Gasteiger partial charge in [-0.1, -0.05) is 13.0 Å². The van der Waals surface area contributed by atoms with Crippen molar-refractivity contribution in [1.29, 1.82) is 5.26 Å². The Bertz CT molecular complexity index is 193. The largest absolute Gasteiger partial charge is 0.330 e. The third-order valence-corrected chi connectivity index (χ3v) is 2.78. The molecule has 2 N–H and O–H groups in total. The third-order valence-electron chi connectivity index (χ3n) is 2.78. The summed E-state index contributed by atoms with van der Waals surface area (Å²) in [7, 11) is 0. The van der Waals surface area contributed by atoms with E-state index in [1.165, 1.54) is 0 Å². The van der Waals surface area contributed by atoms with Crippen molar-refractivity contribution in [3.05, 3.63) is 12.7 Å². The molecule has 0 rings (SSSR count). The molecule has 0 radical (unpaired) electrons. The van der Waals surface area contributed by atoms with E-state index in [1.54, 1.807) is 0 Å². The van der Waals surface area contributed by atoms with Crippen molar-refractivity contribution in [2.45, 2.75) is 45.4 Å². The van der Waals surface area contributed by atoms with E-state index in [4.69, 9.17) is 11.0 Å². The summed E-state index contributed by atoms with van der Waals surface area (Å²) in [5, 5.41) is 8.59. The van der Waals surface area contributed by atoms with Crippen LogP contribution in [0.1, 0.15) is 45.4 Å². The molecule has 0 heterocycles. The van der Waals surface area contributed by atoms with Crippen LogP contribution in [-0.4, -0.2) is 6.54 Å². The van der Waals surface area contributed by atoms with E-state index in [-0.39, 0.29) is 5.41 Å². The van der Waals surface area contributed by atoms with Gasteiger partial charge in [-0.3, -0.25) is 0 Å². The van der Waals surface area contributed by atoms with E-state index in [0.29, 0.717) is 6.42 Å². The van der Waals surface area contributed by atoms with Crippen LogP contribution >= 0.6 is 0 Å². The fourth-order valence-electron chi connectivity index (χ4n) is 1.71. The van der Waals surface area contributed by atoms with Gasteiger partial charge in [0.25, 0.3) is 0 Å². The molecule has 0 fully saturated rings. The highest BCUT2D eigenvalue weighted by Gasteiger charge is 2.21. The Hall–Kier alpha value is -0.810. The summed E-state index contributed by atoms with van der Waals surface area (Å²) in [5.74, 6) is 0. The lowest BCUT2D eigenvalue weighted by molar-refractivity contribution is 0.249. The Morgan fingerprint density at radius 2 is 2.14 bits per heavy atom. The molecule has 0 aliphatic rings. The fraction of sp³-hybridized carbons (Fsp3) is 0.750. The third kappa shape index (κ3) is 5.77. The molecule has 1 unspecified atom stereocenters. The second-order valence-electron chi connectivity index (χ2n) is 4.19. The fourth-order valence-corrected chi connectivity index (χ4v) is 1.71. The maximum Gasteiger partial charge on any atom is 0.0621 e. The lowest BCUT2D eigenvalue weighted by Gasteiger charge is -2.28. The summed E-state index contributed by atoms with van der Waals surface area (Å²) >= 11 is 0. The van der Waals surface area contributed by atoms with Crippen LogP contribution < -0.4 is 5.73 Å². The van der Waals surface area contributed by atoms with Gasteiger partial charge in [-0.05, 0) is 44.1 Å². The summed E-state index contributed by atoms with van der Waals surface area (Å²) in [4.78, 5) is 0. The highest BCUT2D eigenvalue weighted by Crippen LogP contribution is 2.34. The first-order valence-corrected chi connectivity index (χ1v) is 5.36. The number of nitrogens with two attached hydrogens (primary N) is 1. The van der Waals surface area contributed by atoms with Crippen LogP contribution in [-0.2, 0) is 0 Å². The van der Waals surface area contributed by atoms with E-state index in [1.807, 2.05) is 6.08 Å². The normalized spacial score (nSPS) is 14.4. The molecule has 0 aliphatic carbocycles. The van der Waals surface area contributed by atoms with E-state index in [2.05, 4.69) is 19.6 Å². The van der Waals surface area contributed by atoms with Gasteiger partial charge in [0.1, 0.15) is 0 Å². The topological polar surface area (TPSA) is 49.8 Å². The predicted octanol–water partition coefficient (Wildman–Crippen LogP) is 3.00. The number of nitriles is 1. The van der Waals surface area contributed by atoms with E-state index in [0.717, 1.165) is 38.6 Å². The van der Waals surface area contributed by atoms with Crippen molar-refractivity contribution >= 4 is 0 Å². The molecular formula is C12H22N2. The predicted molar refractivity (Wildman–Crippen MR) is 60.7 cm³/mol. The molecule has 0 amide bonds. The molecule has 80 valence electrons. The highest BCUT2D eigenvalue weighted by molar-refractivity contribution is 4.83. The van der Waals surface area contributed by atoms with Gasteiger partial charge in [0.05, 0.1) is 6.07 Å². The van der Waals surface area contributed by atoms with Gasteiger partial charge in [-0.15, -0.1) is 6.58 Å². The highest BCUT2D eigenvalue weighted by atomic mass is 14.5. The Morgan fingerprint density at radius 3 is 2.64 bits per heavy atom. The first-order valence-electron chi connectivity index (χ1n) is 5.36. The molecular weight excluding hydrogens is 172 g/mol. The van der Waals surface area contributed by atoms with Crippen LogP contribution in [0.15, 0.2) is 12.7 Å². The number of allylic oxidation sites excluding steroid dienone is 1. The molecule has 14 heavy (non-hydrogen) atoms. The van der Waals surface area contributed by atoms with Crippen molar-refractivity contribution in [3.63, 3.8) is 0 Å². The summed E-state index contributed by atoms with van der Waals surface area (Å²) in [6.45, 7) is 6.73. The van der Waals surface area contributed by atoms with Crippen LogP contribution in [0.4, 0.5) is 0 Å². The zero-order chi connectivity index (χ0) is 10.9. The number of rotatable bonds is 8. The molecule has 0 spiro atoms. The summed E-state index contributed by atoms with van der Waals surface area (Å²) in [6.07, 6.45) is 7.92. The maximum atomic E-state index is 8.59. The van der Waals surface area contributed by atoms with Crippen LogP contribution in [0.25, 0.3) is 0 Å². The SMILES string of the molecule is C=CCCC(C)(CCC#N)CCCN. The van der Waals surface area contributed by atoms with Gasteiger partial charge in [-0.2, -0.15) is 5.26 Å². The van der Waals surface area contributed by atoms with Crippen molar-refractivity contribution < 1.29 is 0 Å². The minimum absolute atomic E-state index is 0.281. The monoisotopic (exact) mass is 194 g/mol. The minimum Gasteiger partial charge on any atom is -0.330 e. The van der Waals surface area contributed by atoms with Gasteiger partial charge in [0.15, 0.2) is 0 Å². The smallest absolute Gasteiger partial charge is 0.0621 e. The lowest BCUT2D eigenvalue weighted by atomic mass is 9.77. The Morgan fingerprint density at radius 1 is 1.43 bits per heavy atom. The van der Waals surface area contributed by atoms with E-state index < -0.39 is 0 Å². The first-order chi connectivity index (χ1) is 6.68. The van der Waals surface area contributed by atoms with Crippen LogP contribution in [0.5, 0.6) is 0 Å². The standard InChI is InChI=1S/C12H22N2/c1-3-4-7-12(2,8-5-10-13)9-6-11-14/h3H,1,4-10,13H2,2H3. The molecule has 1 atom stereocenters. The van der Waals surface area contributed by atoms with Crippen LogP contribution in [0.2, 0.25) is 0 Å². The zero-order valence-corrected chi connectivity index (χ0v) is 9.26. The van der Waals surface area contributed by atoms with Crippen LogP contribution in [0.3, 0.4) is 0 Å². The number of hydrogen-bond acceptors (Lipinski definition) is 2. The summed E-state index contributed by atoms with van der Waals surface area (Å²) < 4.78 is 0. The molecule has 0 saturated carbocycles. The van der Waals surface area contributed by atoms with Crippen molar-refractivity contribution in [2.75, 3.05) is 6.54 Å². The zero-order valence-electron chi connectivity index (χ0n) is 9.26. The molecule has 2 heteroatoms. The molecule has 0 saturated heterocycles. The molecule has 0 bridgehead atoms. The molecule has 0 aliphatic heterocycles. The van der Waals surface area contributed by atoms with Gasteiger partial charge >= 0.3 is 0 Å². The van der Waals surface area contributed by atoms with Gasteiger partial charge in [0, 0.05) is 6.42 Å². The van der Waals surface area contributed by atoms with Crippen molar-refractivity contribution in [1.82, 2.24) is 0 Å².